The molecule has 1 aromatic heterocycles. The molecule has 0 spiro atoms. The summed E-state index contributed by atoms with van der Waals surface area (Å²) in [7, 11) is 1.56. The lowest BCUT2D eigenvalue weighted by molar-refractivity contribution is -0.136. The minimum atomic E-state index is -0.901. The molecule has 0 radical (unpaired) electrons. The molecule has 0 atom stereocenters. The van der Waals surface area contributed by atoms with E-state index >= 15 is 4.39 Å². The van der Waals surface area contributed by atoms with Crippen molar-refractivity contribution in [3.63, 3.8) is 0 Å². The molecule has 1 aliphatic heterocycles. The number of nitrogens with one attached hydrogen (secondary N) is 3. The highest BCUT2D eigenvalue weighted by molar-refractivity contribution is 6.39. The van der Waals surface area contributed by atoms with E-state index in [4.69, 9.17) is 14.2 Å². The minimum Gasteiger partial charge on any atom is -0.493 e. The zero-order valence-electron chi connectivity index (χ0n) is 23.5. The molecule has 2 heterocycles. The van der Waals surface area contributed by atoms with E-state index in [1.54, 1.807) is 31.5 Å². The number of hydrogen-bond acceptors (Lipinski definition) is 7. The fraction of sp³-hybridized carbons (Fsp3) is 0.281. The molecule has 1 saturated heterocycles. The van der Waals surface area contributed by atoms with Gasteiger partial charge in [0.25, 0.3) is 0 Å². The highest BCUT2D eigenvalue weighted by Crippen LogP contribution is 2.38. The maximum absolute atomic E-state index is 15.0. The number of pyridine rings is 1. The molecule has 9 nitrogen and oxygen atoms in total. The van der Waals surface area contributed by atoms with Crippen LogP contribution in [-0.2, 0) is 16.1 Å². The number of aromatic nitrogens is 1. The lowest BCUT2D eigenvalue weighted by Crippen LogP contribution is -2.35. The highest BCUT2D eigenvalue weighted by Gasteiger charge is 2.18. The van der Waals surface area contributed by atoms with Crippen molar-refractivity contribution < 1.29 is 28.2 Å². The van der Waals surface area contributed by atoms with Gasteiger partial charge in [-0.2, -0.15) is 0 Å². The molecule has 1 aliphatic rings. The van der Waals surface area contributed by atoms with Gasteiger partial charge in [-0.05, 0) is 74.2 Å². The molecule has 4 aromatic rings. The fourth-order valence-corrected chi connectivity index (χ4v) is 4.78. The zero-order chi connectivity index (χ0) is 29.5. The van der Waals surface area contributed by atoms with Crippen LogP contribution in [0.1, 0.15) is 24.0 Å². The summed E-state index contributed by atoms with van der Waals surface area (Å²) in [6.45, 7) is 4.68. The summed E-state index contributed by atoms with van der Waals surface area (Å²) >= 11 is 0. The number of carbonyl (C=O) groups excluding carboxylic acids is 2. The molecule has 42 heavy (non-hydrogen) atoms. The van der Waals surface area contributed by atoms with Crippen molar-refractivity contribution >= 4 is 28.4 Å². The quantitative estimate of drug-likeness (QED) is 0.239. The second-order valence-corrected chi connectivity index (χ2v) is 10.1. The van der Waals surface area contributed by atoms with Crippen LogP contribution in [0.4, 0.5) is 10.1 Å². The number of halogens is 1. The van der Waals surface area contributed by atoms with Crippen molar-refractivity contribution in [3.8, 4) is 23.0 Å². The van der Waals surface area contributed by atoms with Gasteiger partial charge in [0.15, 0.2) is 23.1 Å². The first kappa shape index (κ1) is 28.8. The van der Waals surface area contributed by atoms with E-state index in [0.717, 1.165) is 43.1 Å². The molecule has 2 amide bonds. The molecular weight excluding hydrogens is 539 g/mol. The number of aryl methyl sites for hydroxylation is 1. The fourth-order valence-electron chi connectivity index (χ4n) is 4.78. The first-order chi connectivity index (χ1) is 20.4. The molecule has 3 N–H and O–H groups in total. The maximum Gasteiger partial charge on any atom is 0.313 e. The smallest absolute Gasteiger partial charge is 0.313 e. The summed E-state index contributed by atoms with van der Waals surface area (Å²) in [6, 6.07) is 16.7. The Morgan fingerprint density at radius 1 is 0.976 bits per heavy atom. The number of fused-ring (bicyclic) bond motifs is 1. The number of carbonyl (C=O) groups is 2. The lowest BCUT2D eigenvalue weighted by Gasteiger charge is -2.23. The summed E-state index contributed by atoms with van der Waals surface area (Å²) in [6.07, 6.45) is 3.69. The van der Waals surface area contributed by atoms with E-state index in [9.17, 15) is 9.59 Å². The Labute approximate surface area is 243 Å². The lowest BCUT2D eigenvalue weighted by atomic mass is 9.99. The van der Waals surface area contributed by atoms with Gasteiger partial charge in [0.05, 0.1) is 19.2 Å². The Hall–Kier alpha value is -4.70. The number of piperidine rings is 1. The number of methoxy groups -OCH3 is 1. The number of ether oxygens (including phenoxy) is 3. The van der Waals surface area contributed by atoms with Crippen molar-refractivity contribution in [2.45, 2.75) is 26.3 Å². The number of hydrogen-bond donors (Lipinski definition) is 3. The van der Waals surface area contributed by atoms with Gasteiger partial charge in [-0.1, -0.05) is 24.3 Å². The molecule has 0 unspecified atom stereocenters. The largest absolute Gasteiger partial charge is 0.493 e. The summed E-state index contributed by atoms with van der Waals surface area (Å²) in [5.41, 5.74) is 2.62. The Bertz CT molecular complexity index is 1590. The molecule has 218 valence electrons. The predicted octanol–water partition coefficient (Wildman–Crippen LogP) is 5.12. The van der Waals surface area contributed by atoms with Crippen LogP contribution in [0.5, 0.6) is 23.0 Å². The average molecular weight is 573 g/mol. The zero-order valence-corrected chi connectivity index (χ0v) is 23.5. The number of amides is 2. The average Bonchev–Trinajstić information content (AvgIpc) is 3.01. The van der Waals surface area contributed by atoms with Crippen LogP contribution in [0, 0.1) is 18.7 Å². The van der Waals surface area contributed by atoms with Crippen LogP contribution in [0.2, 0.25) is 0 Å². The molecule has 3 aromatic carbocycles. The molecular formula is C32H33FN4O5. The van der Waals surface area contributed by atoms with Crippen molar-refractivity contribution in [2.24, 2.45) is 5.92 Å². The van der Waals surface area contributed by atoms with E-state index in [2.05, 4.69) is 20.9 Å². The topological polar surface area (TPSA) is 111 Å². The molecule has 1 fully saturated rings. The minimum absolute atomic E-state index is 0.0605. The molecule has 5 rings (SSSR count). The first-order valence-corrected chi connectivity index (χ1v) is 13.8. The van der Waals surface area contributed by atoms with Crippen LogP contribution in [0.3, 0.4) is 0 Å². The highest BCUT2D eigenvalue weighted by atomic mass is 19.1. The monoisotopic (exact) mass is 572 g/mol. The third-order valence-electron chi connectivity index (χ3n) is 7.24. The molecule has 0 saturated carbocycles. The van der Waals surface area contributed by atoms with Crippen LogP contribution < -0.4 is 30.2 Å². The van der Waals surface area contributed by atoms with Crippen LogP contribution in [0.15, 0.2) is 66.9 Å². The number of rotatable bonds is 9. The Morgan fingerprint density at radius 3 is 2.55 bits per heavy atom. The first-order valence-electron chi connectivity index (χ1n) is 13.8. The summed E-state index contributed by atoms with van der Waals surface area (Å²) < 4.78 is 32.6. The van der Waals surface area contributed by atoms with E-state index in [1.807, 2.05) is 31.2 Å². The van der Waals surface area contributed by atoms with E-state index in [1.165, 1.54) is 12.1 Å². The van der Waals surface area contributed by atoms with Crippen molar-refractivity contribution in [1.29, 1.82) is 0 Å². The maximum atomic E-state index is 15.0. The van der Waals surface area contributed by atoms with Gasteiger partial charge in [0.2, 0.25) is 0 Å². The third-order valence-corrected chi connectivity index (χ3v) is 7.24. The SMILES string of the molecule is COc1cc2c(Oc3ccc(NC(=O)C(=O)NCc4ccccc4C)cc3F)ccnc2cc1OCC1CCNCC1. The second kappa shape index (κ2) is 13.3. The van der Waals surface area contributed by atoms with Gasteiger partial charge < -0.3 is 30.2 Å². The van der Waals surface area contributed by atoms with Crippen LogP contribution >= 0.6 is 0 Å². The van der Waals surface area contributed by atoms with Crippen molar-refractivity contribution in [1.82, 2.24) is 15.6 Å². The van der Waals surface area contributed by atoms with Crippen LogP contribution in [-0.4, -0.2) is 43.6 Å². The van der Waals surface area contributed by atoms with Gasteiger partial charge in [0, 0.05) is 35.9 Å². The van der Waals surface area contributed by atoms with Gasteiger partial charge in [-0.25, -0.2) is 4.39 Å². The number of benzene rings is 3. The van der Waals surface area contributed by atoms with E-state index in [0.29, 0.717) is 40.7 Å². The number of anilines is 1. The summed E-state index contributed by atoms with van der Waals surface area (Å²) in [5, 5.41) is 8.96. The third kappa shape index (κ3) is 6.95. The van der Waals surface area contributed by atoms with Crippen LogP contribution in [0.25, 0.3) is 10.9 Å². The molecule has 0 bridgehead atoms. The summed E-state index contributed by atoms with van der Waals surface area (Å²) in [5.74, 6) is -0.553. The number of nitrogens with zero attached hydrogens (tertiary/aromatic N) is 1. The van der Waals surface area contributed by atoms with Gasteiger partial charge in [-0.3, -0.25) is 14.6 Å². The van der Waals surface area contributed by atoms with E-state index in [-0.39, 0.29) is 18.0 Å². The van der Waals surface area contributed by atoms with Crippen molar-refractivity contribution in [2.75, 3.05) is 32.1 Å². The predicted molar refractivity (Wildman–Crippen MR) is 158 cm³/mol. The molecule has 10 heteroatoms. The standard InChI is InChI=1S/C32H33FN4O5/c1-20-5-3-4-6-22(20)18-36-31(38)32(39)37-23-7-8-28(25(33)15-23)42-27-11-14-35-26-17-30(29(40-2)16-24(26)27)41-19-21-9-12-34-13-10-21/h3-8,11,14-17,21,34H,9-10,12-13,18-19H2,1-2H3,(H,36,38)(H,37,39). The summed E-state index contributed by atoms with van der Waals surface area (Å²) in [4.78, 5) is 29.1. The van der Waals surface area contributed by atoms with E-state index < -0.39 is 17.6 Å². The molecule has 0 aliphatic carbocycles. The van der Waals surface area contributed by atoms with Gasteiger partial charge in [-0.15, -0.1) is 0 Å². The normalized spacial score (nSPS) is 13.4. The Kier molecular flexibility index (Phi) is 9.13. The van der Waals surface area contributed by atoms with Crippen molar-refractivity contribution in [3.05, 3.63) is 83.8 Å². The Balaban J connectivity index is 1.25. The second-order valence-electron chi connectivity index (χ2n) is 10.1. The van der Waals surface area contributed by atoms with Gasteiger partial charge in [0.1, 0.15) is 5.75 Å². The van der Waals surface area contributed by atoms with Gasteiger partial charge >= 0.3 is 11.8 Å². The Morgan fingerprint density at radius 2 is 1.79 bits per heavy atom.